The van der Waals surface area contributed by atoms with E-state index < -0.39 is 21.5 Å². The summed E-state index contributed by atoms with van der Waals surface area (Å²) in [6, 6.07) is 3.03. The smallest absolute Gasteiger partial charge is 0.478 e. The van der Waals surface area contributed by atoms with Gasteiger partial charge in [0.25, 0.3) is 0 Å². The molecule has 0 saturated heterocycles. The SMILES string of the molecule is Cc1cc(C(=O)O)ccc1NS(=O)(=O)C(F)(F)F. The van der Waals surface area contributed by atoms with Crippen molar-refractivity contribution < 1.29 is 31.5 Å². The molecular formula is C9H8F3NO4S. The number of carboxylic acids is 1. The van der Waals surface area contributed by atoms with Gasteiger partial charge < -0.3 is 5.11 Å². The lowest BCUT2D eigenvalue weighted by Gasteiger charge is -2.12. The second kappa shape index (κ2) is 4.48. The highest BCUT2D eigenvalue weighted by atomic mass is 32.2. The second-order valence-electron chi connectivity index (χ2n) is 3.39. The van der Waals surface area contributed by atoms with Gasteiger partial charge in [-0.15, -0.1) is 0 Å². The van der Waals surface area contributed by atoms with Crippen LogP contribution in [0.4, 0.5) is 18.9 Å². The molecule has 0 aromatic heterocycles. The number of alkyl halides is 3. The van der Waals surface area contributed by atoms with Crippen molar-refractivity contribution in [1.29, 1.82) is 0 Å². The molecule has 1 rings (SSSR count). The van der Waals surface area contributed by atoms with E-state index in [1.807, 2.05) is 0 Å². The zero-order chi connectivity index (χ0) is 14.1. The van der Waals surface area contributed by atoms with Crippen LogP contribution in [-0.4, -0.2) is 25.0 Å². The summed E-state index contributed by atoms with van der Waals surface area (Å²) in [5.41, 5.74) is -5.83. The molecule has 1 aromatic carbocycles. The second-order valence-corrected chi connectivity index (χ2v) is 5.06. The number of nitrogens with one attached hydrogen (secondary N) is 1. The largest absolute Gasteiger partial charge is 0.516 e. The summed E-state index contributed by atoms with van der Waals surface area (Å²) in [6.07, 6.45) is 0. The van der Waals surface area contributed by atoms with Crippen molar-refractivity contribution in [3.63, 3.8) is 0 Å². The molecule has 0 atom stereocenters. The molecule has 18 heavy (non-hydrogen) atoms. The summed E-state index contributed by atoms with van der Waals surface area (Å²) < 4.78 is 59.4. The number of aromatic carboxylic acids is 1. The average Bonchev–Trinajstić information content (AvgIpc) is 2.18. The van der Waals surface area contributed by atoms with Gasteiger partial charge in [-0.05, 0) is 30.7 Å². The molecule has 0 amide bonds. The van der Waals surface area contributed by atoms with E-state index >= 15 is 0 Å². The van der Waals surface area contributed by atoms with Gasteiger partial charge in [0, 0.05) is 0 Å². The fraction of sp³-hybridized carbons (Fsp3) is 0.222. The zero-order valence-electron chi connectivity index (χ0n) is 8.95. The number of benzene rings is 1. The minimum absolute atomic E-state index is 0.0720. The monoisotopic (exact) mass is 283 g/mol. The quantitative estimate of drug-likeness (QED) is 0.888. The Balaban J connectivity index is 3.11. The van der Waals surface area contributed by atoms with Crippen LogP contribution in [-0.2, 0) is 10.0 Å². The minimum atomic E-state index is -5.50. The topological polar surface area (TPSA) is 83.5 Å². The van der Waals surface area contributed by atoms with E-state index in [0.29, 0.717) is 0 Å². The van der Waals surface area contributed by atoms with Crippen molar-refractivity contribution in [1.82, 2.24) is 0 Å². The molecule has 0 spiro atoms. The van der Waals surface area contributed by atoms with E-state index in [2.05, 4.69) is 0 Å². The first-order chi connectivity index (χ1) is 8.04. The van der Waals surface area contributed by atoms with Gasteiger partial charge in [-0.1, -0.05) is 0 Å². The molecule has 0 unspecified atom stereocenters. The predicted molar refractivity (Wildman–Crippen MR) is 56.7 cm³/mol. The Hall–Kier alpha value is -1.77. The number of carbonyl (C=O) groups is 1. The van der Waals surface area contributed by atoms with Gasteiger partial charge >= 0.3 is 21.5 Å². The Morgan fingerprint density at radius 1 is 1.33 bits per heavy atom. The van der Waals surface area contributed by atoms with Crippen molar-refractivity contribution in [3.05, 3.63) is 29.3 Å². The summed E-state index contributed by atoms with van der Waals surface area (Å²) in [6.45, 7) is 1.29. The van der Waals surface area contributed by atoms with Crippen LogP contribution in [0.15, 0.2) is 18.2 Å². The van der Waals surface area contributed by atoms with Crippen LogP contribution in [0.2, 0.25) is 0 Å². The first-order valence-electron chi connectivity index (χ1n) is 4.47. The normalized spacial score (nSPS) is 12.2. The maximum absolute atomic E-state index is 12.1. The molecule has 100 valence electrons. The molecule has 0 radical (unpaired) electrons. The number of hydrogen-bond acceptors (Lipinski definition) is 3. The number of aryl methyl sites for hydroxylation is 1. The number of carboxylic acid groups (broad SMARTS) is 1. The maximum atomic E-state index is 12.1. The molecule has 1 aromatic rings. The number of anilines is 1. The van der Waals surface area contributed by atoms with Crippen LogP contribution in [0.5, 0.6) is 0 Å². The fourth-order valence-corrected chi connectivity index (χ4v) is 1.75. The molecule has 0 bridgehead atoms. The van der Waals surface area contributed by atoms with E-state index in [0.717, 1.165) is 18.2 Å². The minimum Gasteiger partial charge on any atom is -0.478 e. The van der Waals surface area contributed by atoms with Crippen molar-refractivity contribution in [2.24, 2.45) is 0 Å². The van der Waals surface area contributed by atoms with Gasteiger partial charge in [0.1, 0.15) is 0 Å². The number of sulfonamides is 1. The predicted octanol–water partition coefficient (Wildman–Crippen LogP) is 1.95. The molecule has 0 aliphatic heterocycles. The van der Waals surface area contributed by atoms with Crippen LogP contribution < -0.4 is 4.72 Å². The highest BCUT2D eigenvalue weighted by molar-refractivity contribution is 7.93. The fourth-order valence-electron chi connectivity index (χ4n) is 1.11. The summed E-state index contributed by atoms with van der Waals surface area (Å²) >= 11 is 0. The molecule has 0 aliphatic carbocycles. The first kappa shape index (κ1) is 14.3. The summed E-state index contributed by atoms with van der Waals surface area (Å²) in [7, 11) is -5.50. The lowest BCUT2D eigenvalue weighted by molar-refractivity contribution is -0.0429. The molecule has 0 heterocycles. The number of halogens is 3. The third-order valence-corrected chi connectivity index (χ3v) is 3.12. The van der Waals surface area contributed by atoms with E-state index in [4.69, 9.17) is 5.11 Å². The third-order valence-electron chi connectivity index (χ3n) is 2.02. The van der Waals surface area contributed by atoms with Gasteiger partial charge in [0.05, 0.1) is 11.3 Å². The summed E-state index contributed by atoms with van der Waals surface area (Å²) in [5.74, 6) is -1.26. The van der Waals surface area contributed by atoms with E-state index in [1.54, 1.807) is 0 Å². The molecule has 0 saturated carbocycles. The molecule has 9 heteroatoms. The molecule has 0 aliphatic rings. The van der Waals surface area contributed by atoms with Gasteiger partial charge in [-0.25, -0.2) is 4.79 Å². The van der Waals surface area contributed by atoms with E-state index in [1.165, 1.54) is 11.6 Å². The standard InChI is InChI=1S/C9H8F3NO4S/c1-5-4-6(8(14)15)2-3-7(5)13-18(16,17)9(10,11)12/h2-4,13H,1H3,(H,14,15). The van der Waals surface area contributed by atoms with Crippen LogP contribution in [0, 0.1) is 6.92 Å². The summed E-state index contributed by atoms with van der Waals surface area (Å²) in [5, 5.41) is 8.64. The lowest BCUT2D eigenvalue weighted by atomic mass is 10.1. The van der Waals surface area contributed by atoms with Gasteiger partial charge in [-0.3, -0.25) is 4.72 Å². The Kier molecular flexibility index (Phi) is 3.56. The van der Waals surface area contributed by atoms with E-state index in [-0.39, 0.29) is 16.8 Å². The van der Waals surface area contributed by atoms with Crippen LogP contribution in [0.1, 0.15) is 15.9 Å². The molecule has 2 N–H and O–H groups in total. The zero-order valence-corrected chi connectivity index (χ0v) is 9.76. The Bertz CT molecular complexity index is 580. The van der Waals surface area contributed by atoms with Gasteiger partial charge in [-0.2, -0.15) is 21.6 Å². The Morgan fingerprint density at radius 2 is 1.89 bits per heavy atom. The lowest BCUT2D eigenvalue weighted by Crippen LogP contribution is -2.30. The first-order valence-corrected chi connectivity index (χ1v) is 5.96. The summed E-state index contributed by atoms with van der Waals surface area (Å²) in [4.78, 5) is 10.6. The molecule has 0 fully saturated rings. The van der Waals surface area contributed by atoms with Crippen LogP contribution >= 0.6 is 0 Å². The van der Waals surface area contributed by atoms with E-state index in [9.17, 15) is 26.4 Å². The Morgan fingerprint density at radius 3 is 2.28 bits per heavy atom. The van der Waals surface area contributed by atoms with Crippen LogP contribution in [0.3, 0.4) is 0 Å². The van der Waals surface area contributed by atoms with Crippen LogP contribution in [0.25, 0.3) is 0 Å². The van der Waals surface area contributed by atoms with Gasteiger partial charge in [0.2, 0.25) is 0 Å². The van der Waals surface area contributed by atoms with Gasteiger partial charge in [0.15, 0.2) is 0 Å². The highest BCUT2D eigenvalue weighted by Crippen LogP contribution is 2.27. The molecule has 5 nitrogen and oxygen atoms in total. The number of rotatable bonds is 3. The average molecular weight is 283 g/mol. The van der Waals surface area contributed by atoms with Crippen molar-refractivity contribution in [2.45, 2.75) is 12.4 Å². The van der Waals surface area contributed by atoms with Crippen molar-refractivity contribution in [2.75, 3.05) is 4.72 Å². The number of hydrogen-bond donors (Lipinski definition) is 2. The molecular weight excluding hydrogens is 275 g/mol. The highest BCUT2D eigenvalue weighted by Gasteiger charge is 2.46. The Labute approximate surface area is 100 Å². The van der Waals surface area contributed by atoms with Crippen molar-refractivity contribution >= 4 is 21.7 Å². The van der Waals surface area contributed by atoms with Crippen molar-refractivity contribution in [3.8, 4) is 0 Å². The maximum Gasteiger partial charge on any atom is 0.516 e. The third kappa shape index (κ3) is 2.92.